The van der Waals surface area contributed by atoms with Gasteiger partial charge in [0.15, 0.2) is 5.78 Å². The van der Waals surface area contributed by atoms with Crippen LogP contribution in [0.15, 0.2) is 24.3 Å². The van der Waals surface area contributed by atoms with Crippen LogP contribution in [-0.4, -0.2) is 11.6 Å². The zero-order valence-corrected chi connectivity index (χ0v) is 10.5. The molecule has 86 valence electrons. The predicted octanol–water partition coefficient (Wildman–Crippen LogP) is 3.53. The van der Waals surface area contributed by atoms with Gasteiger partial charge in [-0.3, -0.25) is 9.59 Å². The van der Waals surface area contributed by atoms with Gasteiger partial charge in [0.2, 0.25) is 0 Å². The lowest BCUT2D eigenvalue weighted by molar-refractivity contribution is -0.125. The lowest BCUT2D eigenvalue weighted by Crippen LogP contribution is -2.23. The molecule has 0 aromatic heterocycles. The summed E-state index contributed by atoms with van der Waals surface area (Å²) in [7, 11) is 0. The van der Waals surface area contributed by atoms with Gasteiger partial charge in [-0.1, -0.05) is 32.4 Å². The van der Waals surface area contributed by atoms with E-state index in [1.54, 1.807) is 24.3 Å². The molecule has 0 atom stereocenters. The molecule has 0 aliphatic rings. The van der Waals surface area contributed by atoms with E-state index in [9.17, 15) is 9.59 Å². The number of ketones is 2. The molecule has 0 bridgehead atoms. The molecule has 0 fully saturated rings. The maximum atomic E-state index is 11.7. The van der Waals surface area contributed by atoms with Gasteiger partial charge >= 0.3 is 0 Å². The van der Waals surface area contributed by atoms with Crippen LogP contribution in [0.5, 0.6) is 0 Å². The number of rotatable bonds is 3. The standard InChI is InChI=1S/C13H15ClO2/c1-13(2,3)12(16)8-11(15)9-4-6-10(14)7-5-9/h4-7H,8H2,1-3H3. The van der Waals surface area contributed by atoms with E-state index in [-0.39, 0.29) is 18.0 Å². The first-order chi connectivity index (χ1) is 7.30. The smallest absolute Gasteiger partial charge is 0.170 e. The Bertz CT molecular complexity index is 399. The summed E-state index contributed by atoms with van der Waals surface area (Å²) in [4.78, 5) is 23.4. The number of Topliss-reactive ketones (excluding diaryl/α,β-unsaturated/α-hetero) is 2. The van der Waals surface area contributed by atoms with Gasteiger partial charge in [0.25, 0.3) is 0 Å². The minimum Gasteiger partial charge on any atom is -0.299 e. The van der Waals surface area contributed by atoms with Gasteiger partial charge in [-0.2, -0.15) is 0 Å². The van der Waals surface area contributed by atoms with E-state index < -0.39 is 5.41 Å². The largest absolute Gasteiger partial charge is 0.299 e. The minimum absolute atomic E-state index is 0.0487. The second-order valence-corrected chi connectivity index (χ2v) is 5.22. The molecule has 0 spiro atoms. The SMILES string of the molecule is CC(C)(C)C(=O)CC(=O)c1ccc(Cl)cc1. The Morgan fingerprint density at radius 3 is 2.06 bits per heavy atom. The van der Waals surface area contributed by atoms with Crippen LogP contribution in [-0.2, 0) is 4.79 Å². The highest BCUT2D eigenvalue weighted by molar-refractivity contribution is 6.30. The fourth-order valence-corrected chi connectivity index (χ4v) is 1.27. The molecule has 0 radical (unpaired) electrons. The van der Waals surface area contributed by atoms with Crippen molar-refractivity contribution in [2.24, 2.45) is 5.41 Å². The average Bonchev–Trinajstić information content (AvgIpc) is 2.17. The number of hydrogen-bond donors (Lipinski definition) is 0. The van der Waals surface area contributed by atoms with Gasteiger partial charge in [0.1, 0.15) is 5.78 Å². The van der Waals surface area contributed by atoms with Gasteiger partial charge in [0.05, 0.1) is 6.42 Å². The van der Waals surface area contributed by atoms with E-state index >= 15 is 0 Å². The maximum Gasteiger partial charge on any atom is 0.170 e. The van der Waals surface area contributed by atoms with Crippen molar-refractivity contribution in [2.75, 3.05) is 0 Å². The maximum absolute atomic E-state index is 11.7. The highest BCUT2D eigenvalue weighted by Crippen LogP contribution is 2.19. The molecule has 0 N–H and O–H groups in total. The normalized spacial score (nSPS) is 11.2. The fraction of sp³-hybridized carbons (Fsp3) is 0.385. The molecule has 1 rings (SSSR count). The van der Waals surface area contributed by atoms with Gasteiger partial charge in [-0.05, 0) is 24.3 Å². The van der Waals surface area contributed by atoms with Crippen LogP contribution in [0.4, 0.5) is 0 Å². The van der Waals surface area contributed by atoms with Crippen LogP contribution in [0.3, 0.4) is 0 Å². The predicted molar refractivity (Wildman–Crippen MR) is 64.9 cm³/mol. The summed E-state index contributed by atoms with van der Waals surface area (Å²) >= 11 is 5.72. The Hall–Kier alpha value is -1.15. The second kappa shape index (κ2) is 4.79. The molecular formula is C13H15ClO2. The van der Waals surface area contributed by atoms with Gasteiger partial charge in [-0.25, -0.2) is 0 Å². The first-order valence-corrected chi connectivity index (χ1v) is 5.50. The Morgan fingerprint density at radius 2 is 1.62 bits per heavy atom. The quantitative estimate of drug-likeness (QED) is 0.596. The second-order valence-electron chi connectivity index (χ2n) is 4.78. The molecule has 0 amide bonds. The summed E-state index contributed by atoms with van der Waals surface area (Å²) in [5.41, 5.74) is 0.0595. The third-order valence-corrected chi connectivity index (χ3v) is 2.58. The number of halogens is 1. The van der Waals surface area contributed by atoms with E-state index in [1.165, 1.54) is 0 Å². The lowest BCUT2D eigenvalue weighted by Gasteiger charge is -2.15. The summed E-state index contributed by atoms with van der Waals surface area (Å²) in [5, 5.41) is 0.582. The molecule has 16 heavy (non-hydrogen) atoms. The lowest BCUT2D eigenvalue weighted by atomic mass is 9.87. The van der Waals surface area contributed by atoms with Crippen LogP contribution in [0.25, 0.3) is 0 Å². The molecular weight excluding hydrogens is 224 g/mol. The number of carbonyl (C=O) groups is 2. The van der Waals surface area contributed by atoms with Crippen LogP contribution in [0.1, 0.15) is 37.6 Å². The summed E-state index contributed by atoms with van der Waals surface area (Å²) in [6.45, 7) is 5.43. The van der Waals surface area contributed by atoms with Crippen molar-refractivity contribution in [3.05, 3.63) is 34.9 Å². The Balaban J connectivity index is 2.74. The average molecular weight is 239 g/mol. The summed E-state index contributed by atoms with van der Waals surface area (Å²) in [6.07, 6.45) is -0.0505. The van der Waals surface area contributed by atoms with Crippen LogP contribution < -0.4 is 0 Å². The summed E-state index contributed by atoms with van der Waals surface area (Å²) in [6, 6.07) is 6.58. The monoisotopic (exact) mass is 238 g/mol. The van der Waals surface area contributed by atoms with Crippen molar-refractivity contribution in [3.8, 4) is 0 Å². The summed E-state index contributed by atoms with van der Waals surface area (Å²) in [5.74, 6) is -0.205. The van der Waals surface area contributed by atoms with E-state index in [0.29, 0.717) is 10.6 Å². The molecule has 0 aliphatic carbocycles. The third kappa shape index (κ3) is 3.46. The number of benzene rings is 1. The Morgan fingerprint density at radius 1 is 1.12 bits per heavy atom. The van der Waals surface area contributed by atoms with Crippen LogP contribution in [0, 0.1) is 5.41 Å². The van der Waals surface area contributed by atoms with Gasteiger partial charge in [0, 0.05) is 16.0 Å². The molecule has 1 aromatic rings. The molecule has 0 aliphatic heterocycles. The molecule has 2 nitrogen and oxygen atoms in total. The molecule has 1 aromatic carbocycles. The van der Waals surface area contributed by atoms with Crippen molar-refractivity contribution < 1.29 is 9.59 Å². The van der Waals surface area contributed by atoms with Gasteiger partial charge in [-0.15, -0.1) is 0 Å². The fourth-order valence-electron chi connectivity index (χ4n) is 1.15. The molecule has 0 saturated carbocycles. The highest BCUT2D eigenvalue weighted by atomic mass is 35.5. The first kappa shape index (κ1) is 12.9. The van der Waals surface area contributed by atoms with Crippen molar-refractivity contribution >= 4 is 23.2 Å². The van der Waals surface area contributed by atoms with Gasteiger partial charge < -0.3 is 0 Å². The molecule has 0 unspecified atom stereocenters. The third-order valence-electron chi connectivity index (χ3n) is 2.32. The van der Waals surface area contributed by atoms with E-state index in [4.69, 9.17) is 11.6 Å². The topological polar surface area (TPSA) is 34.1 Å². The van der Waals surface area contributed by atoms with Crippen molar-refractivity contribution in [1.82, 2.24) is 0 Å². The Kier molecular flexibility index (Phi) is 3.87. The molecule has 0 heterocycles. The van der Waals surface area contributed by atoms with E-state index in [1.807, 2.05) is 20.8 Å². The van der Waals surface area contributed by atoms with Crippen molar-refractivity contribution in [1.29, 1.82) is 0 Å². The summed E-state index contributed by atoms with van der Waals surface area (Å²) < 4.78 is 0. The number of carbonyl (C=O) groups excluding carboxylic acids is 2. The highest BCUT2D eigenvalue weighted by Gasteiger charge is 2.23. The van der Waals surface area contributed by atoms with E-state index in [0.717, 1.165) is 0 Å². The zero-order chi connectivity index (χ0) is 12.3. The first-order valence-electron chi connectivity index (χ1n) is 5.13. The number of hydrogen-bond acceptors (Lipinski definition) is 2. The zero-order valence-electron chi connectivity index (χ0n) is 9.71. The van der Waals surface area contributed by atoms with Crippen molar-refractivity contribution in [3.63, 3.8) is 0 Å². The van der Waals surface area contributed by atoms with E-state index in [2.05, 4.69) is 0 Å². The molecule has 3 heteroatoms. The van der Waals surface area contributed by atoms with Crippen LogP contribution in [0.2, 0.25) is 5.02 Å². The Labute approximate surface area is 101 Å². The minimum atomic E-state index is -0.470. The van der Waals surface area contributed by atoms with Crippen molar-refractivity contribution in [2.45, 2.75) is 27.2 Å². The van der Waals surface area contributed by atoms with Crippen LogP contribution >= 0.6 is 11.6 Å². The molecule has 0 saturated heterocycles.